The first-order chi connectivity index (χ1) is 15.2. The fourth-order valence-electron chi connectivity index (χ4n) is 5.35. The van der Waals surface area contributed by atoms with E-state index in [4.69, 9.17) is 4.74 Å². The van der Waals surface area contributed by atoms with Gasteiger partial charge in [-0.3, -0.25) is 4.90 Å². The summed E-state index contributed by atoms with van der Waals surface area (Å²) in [6.45, 7) is 10.1. The number of carbonyl (C=O) groups excluding carboxylic acids is 1. The third-order valence-electron chi connectivity index (χ3n) is 7.04. The van der Waals surface area contributed by atoms with Crippen LogP contribution in [0.1, 0.15) is 41.5 Å². The maximum absolute atomic E-state index is 12.9. The molecule has 1 amide bonds. The highest BCUT2D eigenvalue weighted by Crippen LogP contribution is 2.50. The number of rotatable bonds is 5. The highest BCUT2D eigenvalue weighted by Gasteiger charge is 2.41. The molecule has 2 fully saturated rings. The van der Waals surface area contributed by atoms with Crippen molar-refractivity contribution in [3.63, 3.8) is 0 Å². The summed E-state index contributed by atoms with van der Waals surface area (Å²) in [6.07, 6.45) is 3.83. The summed E-state index contributed by atoms with van der Waals surface area (Å²) in [5.41, 5.74) is 5.06. The average Bonchev–Trinajstić information content (AvgIpc) is 3.10. The van der Waals surface area contributed by atoms with Gasteiger partial charge in [0.1, 0.15) is 6.61 Å². The molecular formula is C26H31N3O2. The Morgan fingerprint density at radius 2 is 1.84 bits per heavy atom. The topological polar surface area (TPSA) is 36.0 Å². The summed E-state index contributed by atoms with van der Waals surface area (Å²) >= 11 is 0. The molecule has 5 rings (SSSR count). The lowest BCUT2D eigenvalue weighted by atomic mass is 9.96. The van der Waals surface area contributed by atoms with Crippen LogP contribution < -0.4 is 4.90 Å². The van der Waals surface area contributed by atoms with E-state index in [1.54, 1.807) is 0 Å². The van der Waals surface area contributed by atoms with E-state index in [1.165, 1.54) is 16.8 Å². The zero-order valence-electron chi connectivity index (χ0n) is 18.1. The van der Waals surface area contributed by atoms with Crippen LogP contribution in [0.4, 0.5) is 10.5 Å². The van der Waals surface area contributed by atoms with Gasteiger partial charge in [0.25, 0.3) is 0 Å². The Balaban J connectivity index is 1.29. The number of amides is 1. The number of carbonyl (C=O) groups is 1. The summed E-state index contributed by atoms with van der Waals surface area (Å²) in [6, 6.07) is 17.0. The number of piperidine rings is 1. The second kappa shape index (κ2) is 8.75. The second-order valence-electron chi connectivity index (χ2n) is 8.86. The van der Waals surface area contributed by atoms with Crippen LogP contribution in [-0.2, 0) is 11.3 Å². The molecule has 0 N–H and O–H groups in total. The van der Waals surface area contributed by atoms with Gasteiger partial charge in [-0.2, -0.15) is 0 Å². The van der Waals surface area contributed by atoms with Gasteiger partial charge < -0.3 is 14.5 Å². The van der Waals surface area contributed by atoms with Gasteiger partial charge >= 0.3 is 6.09 Å². The van der Waals surface area contributed by atoms with Crippen molar-refractivity contribution in [1.29, 1.82) is 0 Å². The summed E-state index contributed by atoms with van der Waals surface area (Å²) in [4.78, 5) is 19.8. The largest absolute Gasteiger partial charge is 0.445 e. The fraction of sp³-hybridized carbons (Fsp3) is 0.423. The highest BCUT2D eigenvalue weighted by molar-refractivity contribution is 5.70. The van der Waals surface area contributed by atoms with Crippen molar-refractivity contribution < 1.29 is 9.53 Å². The number of fused-ring (bicyclic) bond motifs is 5. The summed E-state index contributed by atoms with van der Waals surface area (Å²) in [5, 5.41) is 0. The number of hydrogen-bond acceptors (Lipinski definition) is 4. The molecule has 5 heteroatoms. The standard InChI is InChI=1S/C26H31N3O2/c1-2-11-27-13-15-28(16-14-27)22-8-9-23-21-10-12-29(25(17-21)24(23)18-22)26(30)31-19-20-6-4-3-5-7-20/h2-9,18,21,25H,1,10-17,19H2/t21?,25-/m1/s1. The van der Waals surface area contributed by atoms with E-state index < -0.39 is 0 Å². The Kier molecular flexibility index (Phi) is 5.68. The molecule has 0 aromatic heterocycles. The molecule has 0 spiro atoms. The van der Waals surface area contributed by atoms with Gasteiger partial charge in [0.15, 0.2) is 0 Å². The molecule has 162 valence electrons. The third-order valence-corrected chi connectivity index (χ3v) is 7.04. The predicted octanol–water partition coefficient (Wildman–Crippen LogP) is 4.57. The highest BCUT2D eigenvalue weighted by atomic mass is 16.6. The van der Waals surface area contributed by atoms with Gasteiger partial charge in [0, 0.05) is 45.0 Å². The molecule has 1 aliphatic carbocycles. The third kappa shape index (κ3) is 4.07. The van der Waals surface area contributed by atoms with Crippen LogP contribution in [0.15, 0.2) is 61.2 Å². The monoisotopic (exact) mass is 417 g/mol. The maximum Gasteiger partial charge on any atom is 0.410 e. The van der Waals surface area contributed by atoms with Crippen LogP contribution in [0.2, 0.25) is 0 Å². The molecule has 31 heavy (non-hydrogen) atoms. The van der Waals surface area contributed by atoms with E-state index in [-0.39, 0.29) is 12.1 Å². The Bertz CT molecular complexity index is 937. The molecule has 2 aromatic carbocycles. The molecule has 2 bridgehead atoms. The number of nitrogens with zero attached hydrogens (tertiary/aromatic N) is 3. The second-order valence-corrected chi connectivity index (χ2v) is 8.86. The molecular weight excluding hydrogens is 386 g/mol. The van der Waals surface area contributed by atoms with Gasteiger partial charge in [-0.05, 0) is 47.6 Å². The molecule has 2 aromatic rings. The van der Waals surface area contributed by atoms with Crippen molar-refractivity contribution in [2.24, 2.45) is 0 Å². The maximum atomic E-state index is 12.9. The molecule has 0 radical (unpaired) electrons. The van der Waals surface area contributed by atoms with E-state index >= 15 is 0 Å². The molecule has 3 aliphatic rings. The Hall–Kier alpha value is -2.79. The number of piperazine rings is 1. The van der Waals surface area contributed by atoms with E-state index in [1.807, 2.05) is 41.3 Å². The minimum Gasteiger partial charge on any atom is -0.445 e. The molecule has 2 saturated heterocycles. The van der Waals surface area contributed by atoms with E-state index in [9.17, 15) is 4.79 Å². The number of hydrogen-bond donors (Lipinski definition) is 0. The minimum atomic E-state index is -0.191. The zero-order valence-corrected chi connectivity index (χ0v) is 18.1. The zero-order chi connectivity index (χ0) is 21.2. The van der Waals surface area contributed by atoms with Crippen molar-refractivity contribution in [3.05, 3.63) is 77.9 Å². The van der Waals surface area contributed by atoms with Crippen LogP contribution in [-0.4, -0.2) is 55.2 Å². The van der Waals surface area contributed by atoms with Crippen LogP contribution >= 0.6 is 0 Å². The minimum absolute atomic E-state index is 0.138. The van der Waals surface area contributed by atoms with Crippen molar-refractivity contribution in [2.45, 2.75) is 31.4 Å². The summed E-state index contributed by atoms with van der Waals surface area (Å²) in [5.74, 6) is 0.566. The molecule has 0 saturated carbocycles. The van der Waals surface area contributed by atoms with Crippen molar-refractivity contribution in [3.8, 4) is 0 Å². The lowest BCUT2D eigenvalue weighted by Gasteiger charge is -2.36. The van der Waals surface area contributed by atoms with Crippen molar-refractivity contribution >= 4 is 11.8 Å². The molecule has 5 nitrogen and oxygen atoms in total. The van der Waals surface area contributed by atoms with Crippen molar-refractivity contribution in [1.82, 2.24) is 9.80 Å². The van der Waals surface area contributed by atoms with E-state index in [0.717, 1.165) is 57.7 Å². The smallest absolute Gasteiger partial charge is 0.410 e. The molecule has 2 atom stereocenters. The Labute approximate surface area is 184 Å². The van der Waals surface area contributed by atoms with Crippen LogP contribution in [0.3, 0.4) is 0 Å². The molecule has 2 aliphatic heterocycles. The van der Waals surface area contributed by atoms with Crippen LogP contribution in [0.5, 0.6) is 0 Å². The quantitative estimate of drug-likeness (QED) is 0.668. The summed E-state index contributed by atoms with van der Waals surface area (Å²) < 4.78 is 5.68. The van der Waals surface area contributed by atoms with Gasteiger partial charge in [0.2, 0.25) is 0 Å². The van der Waals surface area contributed by atoms with Crippen molar-refractivity contribution in [2.75, 3.05) is 44.2 Å². The van der Waals surface area contributed by atoms with Crippen LogP contribution in [0.25, 0.3) is 0 Å². The number of anilines is 1. The lowest BCUT2D eigenvalue weighted by Crippen LogP contribution is -2.46. The number of ether oxygens (including phenoxy) is 1. The van der Waals surface area contributed by atoms with Gasteiger partial charge in [-0.1, -0.05) is 42.5 Å². The number of benzene rings is 2. The Morgan fingerprint density at radius 1 is 1.03 bits per heavy atom. The van der Waals surface area contributed by atoms with Gasteiger partial charge in [-0.25, -0.2) is 4.79 Å². The van der Waals surface area contributed by atoms with Gasteiger partial charge in [-0.15, -0.1) is 6.58 Å². The first-order valence-corrected chi connectivity index (χ1v) is 11.4. The van der Waals surface area contributed by atoms with E-state index in [0.29, 0.717) is 12.5 Å². The molecule has 2 heterocycles. The van der Waals surface area contributed by atoms with E-state index in [2.05, 4.69) is 34.6 Å². The SMILES string of the molecule is C=CCN1CCN(c2ccc3c(c2)[C@H]2CC3CCN2C(=O)OCc2ccccc2)CC1. The predicted molar refractivity (Wildman–Crippen MR) is 123 cm³/mol. The van der Waals surface area contributed by atoms with Crippen LogP contribution in [0, 0.1) is 0 Å². The average molecular weight is 418 g/mol. The summed E-state index contributed by atoms with van der Waals surface area (Å²) in [7, 11) is 0. The Morgan fingerprint density at radius 3 is 2.61 bits per heavy atom. The first kappa shape index (κ1) is 20.1. The fourth-order valence-corrected chi connectivity index (χ4v) is 5.35. The first-order valence-electron chi connectivity index (χ1n) is 11.4. The normalized spacial score (nSPS) is 22.8. The lowest BCUT2D eigenvalue weighted by molar-refractivity contribution is 0.0694. The molecule has 1 unspecified atom stereocenters. The number of likely N-dealkylation sites (tertiary alicyclic amines) is 1. The van der Waals surface area contributed by atoms with Gasteiger partial charge in [0.05, 0.1) is 6.04 Å².